The Kier molecular flexibility index (Phi) is 13.0. The molecule has 214 valence electrons. The number of carbonyl (C=O) groups is 1. The minimum absolute atomic E-state index is 0.0564. The van der Waals surface area contributed by atoms with Crippen molar-refractivity contribution < 1.29 is 14.3 Å². The number of hydrogen-bond acceptors (Lipinski definition) is 4. The van der Waals surface area contributed by atoms with Crippen molar-refractivity contribution in [3.8, 4) is 11.5 Å². The quantitative estimate of drug-likeness (QED) is 0.0784. The van der Waals surface area contributed by atoms with E-state index in [-0.39, 0.29) is 11.4 Å². The first-order chi connectivity index (χ1) is 19.3. The molecule has 0 aliphatic carbocycles. The molecule has 0 aromatic heterocycles. The van der Waals surface area contributed by atoms with Gasteiger partial charge >= 0.3 is 5.97 Å². The van der Waals surface area contributed by atoms with Gasteiger partial charge in [0, 0.05) is 6.21 Å². The first kappa shape index (κ1) is 31.1. The van der Waals surface area contributed by atoms with Gasteiger partial charge in [-0.2, -0.15) is 0 Å². The van der Waals surface area contributed by atoms with E-state index in [0.29, 0.717) is 11.3 Å². The Balaban J connectivity index is 1.35. The fourth-order valence-electron chi connectivity index (χ4n) is 4.45. The molecule has 0 bridgehead atoms. The van der Waals surface area contributed by atoms with Crippen LogP contribution in [0.4, 0.5) is 5.69 Å². The lowest BCUT2D eigenvalue weighted by Gasteiger charge is -2.19. The second-order valence-electron chi connectivity index (χ2n) is 11.6. The van der Waals surface area contributed by atoms with Gasteiger partial charge in [-0.25, -0.2) is 4.79 Å². The van der Waals surface area contributed by atoms with Crippen LogP contribution in [0.25, 0.3) is 0 Å². The molecule has 0 saturated carbocycles. The summed E-state index contributed by atoms with van der Waals surface area (Å²) >= 11 is 0. The Bertz CT molecular complexity index is 1160. The van der Waals surface area contributed by atoms with Crippen LogP contribution in [0.5, 0.6) is 11.5 Å². The fourth-order valence-corrected chi connectivity index (χ4v) is 4.45. The molecule has 4 heteroatoms. The SMILES string of the molecule is CCCCCCCCCCCCOc1ccc(C=Nc2ccc(C(=O)Oc3ccc(C(C)(C)C)cc3)cc2)cc1. The Hall–Kier alpha value is -3.40. The van der Waals surface area contributed by atoms with Gasteiger partial charge in [0.2, 0.25) is 0 Å². The summed E-state index contributed by atoms with van der Waals surface area (Å²) in [5.41, 5.74) is 3.51. The first-order valence-electron chi connectivity index (χ1n) is 15.0. The lowest BCUT2D eigenvalue weighted by Crippen LogP contribution is -2.11. The number of unbranched alkanes of at least 4 members (excludes halogenated alkanes) is 9. The molecule has 0 heterocycles. The third-order valence-corrected chi connectivity index (χ3v) is 7.04. The molecule has 0 aliphatic rings. The predicted molar refractivity (Wildman–Crippen MR) is 168 cm³/mol. The van der Waals surface area contributed by atoms with Crippen molar-refractivity contribution in [3.63, 3.8) is 0 Å². The van der Waals surface area contributed by atoms with E-state index in [2.05, 4.69) is 32.7 Å². The molecular weight excluding hydrogens is 494 g/mol. The van der Waals surface area contributed by atoms with E-state index in [9.17, 15) is 4.79 Å². The maximum atomic E-state index is 12.5. The molecule has 0 saturated heterocycles. The molecule has 0 fully saturated rings. The van der Waals surface area contributed by atoms with E-state index >= 15 is 0 Å². The molecule has 0 unspecified atom stereocenters. The topological polar surface area (TPSA) is 47.9 Å². The third kappa shape index (κ3) is 11.4. The Morgan fingerprint density at radius 1 is 0.700 bits per heavy atom. The molecule has 0 spiro atoms. The minimum Gasteiger partial charge on any atom is -0.494 e. The highest BCUT2D eigenvalue weighted by atomic mass is 16.5. The van der Waals surface area contributed by atoms with Crippen molar-refractivity contribution in [1.29, 1.82) is 0 Å². The van der Waals surface area contributed by atoms with Crippen LogP contribution in [0.15, 0.2) is 77.8 Å². The molecule has 0 atom stereocenters. The first-order valence-corrected chi connectivity index (χ1v) is 15.0. The summed E-state index contributed by atoms with van der Waals surface area (Å²) < 4.78 is 11.4. The van der Waals surface area contributed by atoms with Crippen molar-refractivity contribution in [2.24, 2.45) is 4.99 Å². The zero-order valence-electron chi connectivity index (χ0n) is 25.0. The van der Waals surface area contributed by atoms with Gasteiger partial charge in [0.25, 0.3) is 0 Å². The van der Waals surface area contributed by atoms with Gasteiger partial charge in [-0.15, -0.1) is 0 Å². The van der Waals surface area contributed by atoms with Gasteiger partial charge < -0.3 is 9.47 Å². The highest BCUT2D eigenvalue weighted by Gasteiger charge is 2.14. The predicted octanol–water partition coefficient (Wildman–Crippen LogP) is 10.3. The molecular formula is C36H47NO3. The Labute approximate surface area is 241 Å². The summed E-state index contributed by atoms with van der Waals surface area (Å²) in [6.45, 7) is 9.50. The van der Waals surface area contributed by atoms with E-state index in [1.165, 1.54) is 63.4 Å². The minimum atomic E-state index is -0.382. The molecule has 0 N–H and O–H groups in total. The number of benzene rings is 3. The second-order valence-corrected chi connectivity index (χ2v) is 11.6. The van der Waals surface area contributed by atoms with Crippen molar-refractivity contribution in [3.05, 3.63) is 89.5 Å². The van der Waals surface area contributed by atoms with Gasteiger partial charge in [0.05, 0.1) is 17.9 Å². The van der Waals surface area contributed by atoms with Crippen LogP contribution in [-0.2, 0) is 5.41 Å². The van der Waals surface area contributed by atoms with Crippen molar-refractivity contribution >= 4 is 17.9 Å². The molecule has 0 aliphatic heterocycles. The molecule has 3 rings (SSSR count). The van der Waals surface area contributed by atoms with Crippen LogP contribution in [0, 0.1) is 0 Å². The zero-order chi connectivity index (χ0) is 28.6. The average molecular weight is 542 g/mol. The van der Waals surface area contributed by atoms with E-state index in [1.54, 1.807) is 12.1 Å². The molecule has 0 amide bonds. The number of rotatable bonds is 16. The maximum absolute atomic E-state index is 12.5. The zero-order valence-corrected chi connectivity index (χ0v) is 25.0. The highest BCUT2D eigenvalue weighted by molar-refractivity contribution is 5.91. The monoisotopic (exact) mass is 541 g/mol. The molecule has 3 aromatic carbocycles. The van der Waals surface area contributed by atoms with Gasteiger partial charge in [-0.3, -0.25) is 4.99 Å². The number of hydrogen-bond donors (Lipinski definition) is 0. The normalized spacial score (nSPS) is 11.6. The van der Waals surface area contributed by atoms with Crippen molar-refractivity contribution in [2.45, 2.75) is 97.3 Å². The lowest BCUT2D eigenvalue weighted by atomic mass is 9.87. The van der Waals surface area contributed by atoms with Crippen LogP contribution < -0.4 is 9.47 Å². The molecule has 0 radical (unpaired) electrons. The summed E-state index contributed by atoms with van der Waals surface area (Å²) in [5.74, 6) is 1.05. The van der Waals surface area contributed by atoms with Gasteiger partial charge in [0.1, 0.15) is 11.5 Å². The fraction of sp³-hybridized carbons (Fsp3) is 0.444. The third-order valence-electron chi connectivity index (χ3n) is 7.04. The maximum Gasteiger partial charge on any atom is 0.343 e. The van der Waals surface area contributed by atoms with Crippen LogP contribution >= 0.6 is 0 Å². The summed E-state index contributed by atoms with van der Waals surface area (Å²) in [6, 6.07) is 22.8. The lowest BCUT2D eigenvalue weighted by molar-refractivity contribution is 0.0734. The summed E-state index contributed by atoms with van der Waals surface area (Å²) in [7, 11) is 0. The molecule has 40 heavy (non-hydrogen) atoms. The number of aliphatic imine (C=N–C) groups is 1. The van der Waals surface area contributed by atoms with Crippen LogP contribution in [0.1, 0.15) is 113 Å². The van der Waals surface area contributed by atoms with Crippen molar-refractivity contribution in [2.75, 3.05) is 6.61 Å². The molecule has 3 aromatic rings. The van der Waals surface area contributed by atoms with E-state index in [4.69, 9.17) is 9.47 Å². The number of esters is 1. The van der Waals surface area contributed by atoms with Gasteiger partial charge in [-0.1, -0.05) is 97.6 Å². The summed E-state index contributed by atoms with van der Waals surface area (Å²) in [6.07, 6.45) is 15.1. The smallest absolute Gasteiger partial charge is 0.343 e. The standard InChI is InChI=1S/C36H47NO3/c1-5-6-7-8-9-10-11-12-13-14-27-39-33-23-15-29(16-24-33)28-37-32-21-17-30(18-22-32)35(38)40-34-25-19-31(20-26-34)36(2,3)4/h15-26,28H,5-14,27H2,1-4H3. The Morgan fingerprint density at radius 2 is 1.25 bits per heavy atom. The molecule has 4 nitrogen and oxygen atoms in total. The van der Waals surface area contributed by atoms with E-state index in [0.717, 1.165) is 30.0 Å². The number of nitrogens with zero attached hydrogens (tertiary/aromatic N) is 1. The second kappa shape index (κ2) is 16.6. The van der Waals surface area contributed by atoms with Crippen LogP contribution in [-0.4, -0.2) is 18.8 Å². The largest absolute Gasteiger partial charge is 0.494 e. The van der Waals surface area contributed by atoms with Crippen LogP contribution in [0.3, 0.4) is 0 Å². The highest BCUT2D eigenvalue weighted by Crippen LogP contribution is 2.25. The van der Waals surface area contributed by atoms with Gasteiger partial charge in [-0.05, 0) is 83.6 Å². The van der Waals surface area contributed by atoms with E-state index < -0.39 is 0 Å². The van der Waals surface area contributed by atoms with Crippen molar-refractivity contribution in [1.82, 2.24) is 0 Å². The van der Waals surface area contributed by atoms with Crippen LogP contribution in [0.2, 0.25) is 0 Å². The van der Waals surface area contributed by atoms with E-state index in [1.807, 2.05) is 66.9 Å². The van der Waals surface area contributed by atoms with Gasteiger partial charge in [0.15, 0.2) is 0 Å². The summed E-state index contributed by atoms with van der Waals surface area (Å²) in [5, 5.41) is 0. The number of carbonyl (C=O) groups excluding carboxylic acids is 1. The Morgan fingerprint density at radius 3 is 1.82 bits per heavy atom. The summed E-state index contributed by atoms with van der Waals surface area (Å²) in [4.78, 5) is 17.1. The number of ether oxygens (including phenoxy) is 2. The average Bonchev–Trinajstić information content (AvgIpc) is 2.95.